The number of nitrogens with zero attached hydrogens (tertiary/aromatic N) is 3. The molecule has 1 atom stereocenters. The molecule has 0 radical (unpaired) electrons. The van der Waals surface area contributed by atoms with Crippen molar-refractivity contribution in [3.05, 3.63) is 96.2 Å². The Hall–Kier alpha value is -4.77. The normalized spacial score (nSPS) is 15.6. The maximum Gasteiger partial charge on any atom is 0.416 e. The zero-order valence-electron chi connectivity index (χ0n) is 22.7. The van der Waals surface area contributed by atoms with Gasteiger partial charge in [0.25, 0.3) is 5.91 Å². The summed E-state index contributed by atoms with van der Waals surface area (Å²) in [5.41, 5.74) is 1.89. The number of amides is 1. The van der Waals surface area contributed by atoms with Crippen molar-refractivity contribution in [1.29, 1.82) is 0 Å². The first-order valence-corrected chi connectivity index (χ1v) is 13.4. The van der Waals surface area contributed by atoms with Crippen LogP contribution in [0.25, 0.3) is 22.2 Å². The molecule has 6 rings (SSSR count). The summed E-state index contributed by atoms with van der Waals surface area (Å²) >= 11 is 0. The zero-order valence-corrected chi connectivity index (χ0v) is 22.7. The van der Waals surface area contributed by atoms with Gasteiger partial charge in [-0.05, 0) is 54.6 Å². The summed E-state index contributed by atoms with van der Waals surface area (Å²) in [4.78, 5) is 18.6. The van der Waals surface area contributed by atoms with Gasteiger partial charge in [0.1, 0.15) is 18.2 Å². The molecule has 216 valence electrons. The van der Waals surface area contributed by atoms with Crippen molar-refractivity contribution in [2.45, 2.75) is 12.2 Å². The molecule has 1 aliphatic rings. The second-order valence-corrected chi connectivity index (χ2v) is 10.1. The number of carbonyl (C=O) groups excluding carboxylic acids is 1. The van der Waals surface area contributed by atoms with Gasteiger partial charge < -0.3 is 24.7 Å². The van der Waals surface area contributed by atoms with Crippen molar-refractivity contribution in [3.8, 4) is 17.0 Å². The molecule has 0 bridgehead atoms. The van der Waals surface area contributed by atoms with Gasteiger partial charge in [-0.2, -0.15) is 18.3 Å². The van der Waals surface area contributed by atoms with E-state index < -0.39 is 17.6 Å². The Morgan fingerprint density at radius 3 is 2.74 bits per heavy atom. The third kappa shape index (κ3) is 5.68. The fraction of sp³-hybridized carbons (Fsp3) is 0.226. The lowest BCUT2D eigenvalue weighted by atomic mass is 10.1. The molecule has 3 heterocycles. The van der Waals surface area contributed by atoms with Gasteiger partial charge in [-0.3, -0.25) is 9.48 Å². The Bertz CT molecular complexity index is 1700. The van der Waals surface area contributed by atoms with Crippen molar-refractivity contribution < 1.29 is 27.4 Å². The van der Waals surface area contributed by atoms with E-state index in [9.17, 15) is 18.0 Å². The van der Waals surface area contributed by atoms with Crippen LogP contribution >= 0.6 is 0 Å². The number of para-hydroxylation sites is 1. The van der Waals surface area contributed by atoms with Crippen molar-refractivity contribution in [2.75, 3.05) is 36.6 Å². The number of aryl methyl sites for hydroxylation is 1. The van der Waals surface area contributed by atoms with Crippen LogP contribution in [0.1, 0.15) is 15.9 Å². The number of benzene rings is 3. The van der Waals surface area contributed by atoms with E-state index in [1.165, 1.54) is 12.1 Å². The number of hydrogen-bond acceptors (Lipinski definition) is 5. The SMILES string of the molecule is Cn1nccc1-c1cc(NC(=O)c2cccc(C(F)(F)F)c2)ccc1OC[C@@H]1COCCN1c1cc2ccccc2[nH]1. The number of alkyl halides is 3. The van der Waals surface area contributed by atoms with Crippen molar-refractivity contribution in [3.63, 3.8) is 0 Å². The highest BCUT2D eigenvalue weighted by Crippen LogP contribution is 2.34. The van der Waals surface area contributed by atoms with Gasteiger partial charge in [-0.25, -0.2) is 0 Å². The van der Waals surface area contributed by atoms with E-state index in [2.05, 4.69) is 32.4 Å². The van der Waals surface area contributed by atoms with E-state index in [1.54, 1.807) is 36.1 Å². The molecular weight excluding hydrogens is 547 g/mol. The van der Waals surface area contributed by atoms with Crippen molar-refractivity contribution in [1.82, 2.24) is 14.8 Å². The van der Waals surface area contributed by atoms with Crippen LogP contribution in [0.4, 0.5) is 24.7 Å². The van der Waals surface area contributed by atoms with E-state index in [0.29, 0.717) is 43.4 Å². The smallest absolute Gasteiger partial charge is 0.416 e. The van der Waals surface area contributed by atoms with Gasteiger partial charge in [0, 0.05) is 47.5 Å². The number of aromatic nitrogens is 3. The molecule has 3 aromatic carbocycles. The number of hydrogen-bond donors (Lipinski definition) is 2. The Kier molecular flexibility index (Phi) is 7.34. The summed E-state index contributed by atoms with van der Waals surface area (Å²) in [6.45, 7) is 2.13. The molecule has 1 aliphatic heterocycles. The molecule has 42 heavy (non-hydrogen) atoms. The van der Waals surface area contributed by atoms with Gasteiger partial charge in [-0.1, -0.05) is 24.3 Å². The number of aromatic amines is 1. The first-order chi connectivity index (χ1) is 20.3. The molecular formula is C31H28F3N5O3. The van der Waals surface area contributed by atoms with Gasteiger partial charge in [0.05, 0.1) is 30.5 Å². The molecule has 0 saturated carbocycles. The fourth-order valence-corrected chi connectivity index (χ4v) is 5.12. The van der Waals surface area contributed by atoms with E-state index in [4.69, 9.17) is 9.47 Å². The first kappa shape index (κ1) is 27.4. The molecule has 5 aromatic rings. The fourth-order valence-electron chi connectivity index (χ4n) is 5.12. The van der Waals surface area contributed by atoms with Crippen LogP contribution in [-0.4, -0.2) is 53.1 Å². The number of fused-ring (bicyclic) bond motifs is 1. The zero-order chi connectivity index (χ0) is 29.3. The maximum atomic E-state index is 13.2. The second kappa shape index (κ2) is 11.2. The van der Waals surface area contributed by atoms with Crippen molar-refractivity contribution in [2.24, 2.45) is 7.05 Å². The number of ether oxygens (including phenoxy) is 2. The number of rotatable bonds is 7. The van der Waals surface area contributed by atoms with E-state index in [1.807, 2.05) is 24.3 Å². The summed E-state index contributed by atoms with van der Waals surface area (Å²) in [5, 5.41) is 8.10. The van der Waals surface area contributed by atoms with Gasteiger partial charge in [0.2, 0.25) is 0 Å². The van der Waals surface area contributed by atoms with E-state index in [0.717, 1.165) is 34.5 Å². The number of anilines is 2. The molecule has 1 fully saturated rings. The minimum Gasteiger partial charge on any atom is -0.491 e. The van der Waals surface area contributed by atoms with E-state index >= 15 is 0 Å². The second-order valence-electron chi connectivity index (χ2n) is 10.1. The lowest BCUT2D eigenvalue weighted by Crippen LogP contribution is -2.49. The summed E-state index contributed by atoms with van der Waals surface area (Å²) in [7, 11) is 1.79. The monoisotopic (exact) mass is 575 g/mol. The largest absolute Gasteiger partial charge is 0.491 e. The summed E-state index contributed by atoms with van der Waals surface area (Å²) < 4.78 is 53.3. The van der Waals surface area contributed by atoms with Crippen LogP contribution in [0.5, 0.6) is 5.75 Å². The number of nitrogens with one attached hydrogen (secondary N) is 2. The average molecular weight is 576 g/mol. The van der Waals surface area contributed by atoms with Gasteiger partial charge >= 0.3 is 6.18 Å². The molecule has 1 amide bonds. The minimum absolute atomic E-state index is 0.0634. The van der Waals surface area contributed by atoms with Crippen molar-refractivity contribution >= 4 is 28.3 Å². The van der Waals surface area contributed by atoms with Crippen LogP contribution in [0.3, 0.4) is 0 Å². The van der Waals surface area contributed by atoms with E-state index in [-0.39, 0.29) is 11.6 Å². The Morgan fingerprint density at radius 1 is 1.10 bits per heavy atom. The van der Waals surface area contributed by atoms with Crippen LogP contribution in [0, 0.1) is 0 Å². The number of morpholine rings is 1. The standard InChI is InChI=1S/C31H28F3N5O3/c1-38-27(11-12-35-38)25-17-23(36-30(40)21-6-4-7-22(15-21)31(32,33)34)9-10-28(25)42-19-24-18-41-14-13-39(24)29-16-20-5-2-3-8-26(20)37-29/h2-12,15-17,24,37H,13-14,18-19H2,1H3,(H,36,40)/t24-/m0/s1. The molecule has 8 nitrogen and oxygen atoms in total. The molecule has 0 unspecified atom stereocenters. The molecule has 11 heteroatoms. The lowest BCUT2D eigenvalue weighted by Gasteiger charge is -2.36. The highest BCUT2D eigenvalue weighted by atomic mass is 19.4. The third-order valence-electron chi connectivity index (χ3n) is 7.27. The first-order valence-electron chi connectivity index (χ1n) is 13.4. The quantitative estimate of drug-likeness (QED) is 0.244. The topological polar surface area (TPSA) is 84.4 Å². The number of carbonyl (C=O) groups is 1. The highest BCUT2D eigenvalue weighted by molar-refractivity contribution is 6.04. The summed E-state index contributed by atoms with van der Waals surface area (Å²) in [6, 6.07) is 21.4. The lowest BCUT2D eigenvalue weighted by molar-refractivity contribution is -0.137. The number of H-pyrrole nitrogens is 1. The highest BCUT2D eigenvalue weighted by Gasteiger charge is 2.31. The van der Waals surface area contributed by atoms with Gasteiger partial charge in [-0.15, -0.1) is 0 Å². The molecule has 2 N–H and O–H groups in total. The predicted molar refractivity (Wildman–Crippen MR) is 154 cm³/mol. The Labute approximate surface area is 239 Å². The molecule has 1 saturated heterocycles. The molecule has 0 spiro atoms. The summed E-state index contributed by atoms with van der Waals surface area (Å²) in [6.07, 6.45) is -2.89. The van der Waals surface area contributed by atoms with Crippen LogP contribution in [0.15, 0.2) is 85.1 Å². The minimum atomic E-state index is -4.55. The van der Waals surface area contributed by atoms with Crippen LogP contribution in [-0.2, 0) is 18.0 Å². The molecule has 0 aliphatic carbocycles. The van der Waals surface area contributed by atoms with Gasteiger partial charge in [0.15, 0.2) is 0 Å². The van der Waals surface area contributed by atoms with Crippen LogP contribution in [0.2, 0.25) is 0 Å². The Balaban J connectivity index is 1.24. The summed E-state index contributed by atoms with van der Waals surface area (Å²) in [5.74, 6) is 0.907. The molecule has 2 aromatic heterocycles. The predicted octanol–water partition coefficient (Wildman–Crippen LogP) is 6.12. The number of halogens is 3. The Morgan fingerprint density at radius 2 is 1.95 bits per heavy atom. The van der Waals surface area contributed by atoms with Crippen LogP contribution < -0.4 is 15.0 Å². The third-order valence-corrected chi connectivity index (χ3v) is 7.27. The maximum absolute atomic E-state index is 13.2. The average Bonchev–Trinajstić information content (AvgIpc) is 3.62.